The maximum Gasteiger partial charge on any atom is 0.259 e. The van der Waals surface area contributed by atoms with Crippen LogP contribution in [0.1, 0.15) is 47.4 Å². The first-order valence-corrected chi connectivity index (χ1v) is 8.57. The van der Waals surface area contributed by atoms with Gasteiger partial charge in [0.05, 0.1) is 23.4 Å². The predicted octanol–water partition coefficient (Wildman–Crippen LogP) is 3.87. The van der Waals surface area contributed by atoms with E-state index in [4.69, 9.17) is 4.74 Å². The van der Waals surface area contributed by atoms with E-state index < -0.39 is 0 Å². The van der Waals surface area contributed by atoms with E-state index in [1.54, 1.807) is 42.5 Å². The van der Waals surface area contributed by atoms with E-state index in [1.165, 1.54) is 0 Å². The zero-order valence-electron chi connectivity index (χ0n) is 14.7. The van der Waals surface area contributed by atoms with Crippen molar-refractivity contribution in [2.75, 3.05) is 18.5 Å². The molecule has 5 nitrogen and oxygen atoms in total. The number of para-hydroxylation sites is 2. The van der Waals surface area contributed by atoms with Crippen LogP contribution in [-0.2, 0) is 0 Å². The van der Waals surface area contributed by atoms with Gasteiger partial charge in [0.15, 0.2) is 0 Å². The van der Waals surface area contributed by atoms with Crippen LogP contribution in [0.25, 0.3) is 0 Å². The summed E-state index contributed by atoms with van der Waals surface area (Å²) in [6.07, 6.45) is 1.71. The SMILES string of the molecule is CCCNC(=O)c1ccccc1NC(=O)c1ccccc1OCCC. The van der Waals surface area contributed by atoms with Crippen molar-refractivity contribution in [3.8, 4) is 5.75 Å². The van der Waals surface area contributed by atoms with E-state index in [-0.39, 0.29) is 11.8 Å². The first-order chi connectivity index (χ1) is 12.2. The van der Waals surface area contributed by atoms with E-state index in [9.17, 15) is 9.59 Å². The van der Waals surface area contributed by atoms with Crippen LogP contribution in [0.2, 0.25) is 0 Å². The van der Waals surface area contributed by atoms with Gasteiger partial charge in [0.1, 0.15) is 5.75 Å². The second kappa shape index (κ2) is 9.47. The van der Waals surface area contributed by atoms with Crippen molar-refractivity contribution in [3.05, 3.63) is 59.7 Å². The smallest absolute Gasteiger partial charge is 0.259 e. The average Bonchev–Trinajstić information content (AvgIpc) is 2.65. The minimum atomic E-state index is -0.303. The molecule has 0 heterocycles. The molecule has 0 fully saturated rings. The maximum absolute atomic E-state index is 12.7. The minimum Gasteiger partial charge on any atom is -0.493 e. The summed E-state index contributed by atoms with van der Waals surface area (Å²) in [5, 5.41) is 5.65. The summed E-state index contributed by atoms with van der Waals surface area (Å²) in [4.78, 5) is 24.9. The Labute approximate surface area is 148 Å². The van der Waals surface area contributed by atoms with E-state index in [0.717, 1.165) is 12.8 Å². The Morgan fingerprint density at radius 2 is 1.56 bits per heavy atom. The highest BCUT2D eigenvalue weighted by molar-refractivity contribution is 6.10. The van der Waals surface area contributed by atoms with Crippen molar-refractivity contribution in [2.24, 2.45) is 0 Å². The Kier molecular flexibility index (Phi) is 7.01. The summed E-state index contributed by atoms with van der Waals surface area (Å²) in [5.41, 5.74) is 1.36. The molecular weight excluding hydrogens is 316 g/mol. The molecule has 132 valence electrons. The van der Waals surface area contributed by atoms with E-state index in [1.807, 2.05) is 19.9 Å². The standard InChI is InChI=1S/C20H24N2O3/c1-3-13-21-19(23)15-9-5-7-11-17(15)22-20(24)16-10-6-8-12-18(16)25-14-4-2/h5-12H,3-4,13-14H2,1-2H3,(H,21,23)(H,22,24). The number of anilines is 1. The molecule has 2 amide bonds. The van der Waals surface area contributed by atoms with Gasteiger partial charge in [0.25, 0.3) is 11.8 Å². The molecule has 0 aliphatic rings. The zero-order chi connectivity index (χ0) is 18.1. The summed E-state index contributed by atoms with van der Waals surface area (Å²) < 4.78 is 5.64. The average molecular weight is 340 g/mol. The quantitative estimate of drug-likeness (QED) is 0.766. The summed E-state index contributed by atoms with van der Waals surface area (Å²) in [6, 6.07) is 14.1. The molecule has 2 rings (SSSR count). The van der Waals surface area contributed by atoms with Gasteiger partial charge >= 0.3 is 0 Å². The Morgan fingerprint density at radius 1 is 0.880 bits per heavy atom. The Bertz CT molecular complexity index is 728. The van der Waals surface area contributed by atoms with E-state index in [0.29, 0.717) is 35.7 Å². The molecule has 5 heteroatoms. The number of hydrogen-bond acceptors (Lipinski definition) is 3. The van der Waals surface area contributed by atoms with Gasteiger partial charge in [0.2, 0.25) is 0 Å². The summed E-state index contributed by atoms with van der Waals surface area (Å²) in [5.74, 6) is 0.0329. The van der Waals surface area contributed by atoms with Crippen LogP contribution in [-0.4, -0.2) is 25.0 Å². The fourth-order valence-corrected chi connectivity index (χ4v) is 2.31. The van der Waals surface area contributed by atoms with Crippen molar-refractivity contribution in [3.63, 3.8) is 0 Å². The van der Waals surface area contributed by atoms with Gasteiger partial charge in [-0.15, -0.1) is 0 Å². The molecule has 25 heavy (non-hydrogen) atoms. The van der Waals surface area contributed by atoms with Gasteiger partial charge in [-0.25, -0.2) is 0 Å². The van der Waals surface area contributed by atoms with Crippen molar-refractivity contribution in [1.29, 1.82) is 0 Å². The lowest BCUT2D eigenvalue weighted by Gasteiger charge is -2.13. The number of rotatable bonds is 8. The minimum absolute atomic E-state index is 0.201. The Morgan fingerprint density at radius 3 is 2.28 bits per heavy atom. The molecular formula is C20H24N2O3. The number of amides is 2. The van der Waals surface area contributed by atoms with Gasteiger partial charge in [-0.2, -0.15) is 0 Å². The van der Waals surface area contributed by atoms with Crippen LogP contribution >= 0.6 is 0 Å². The molecule has 0 radical (unpaired) electrons. The Balaban J connectivity index is 2.20. The molecule has 0 aromatic heterocycles. The van der Waals surface area contributed by atoms with Crippen molar-refractivity contribution >= 4 is 17.5 Å². The summed E-state index contributed by atoms with van der Waals surface area (Å²) in [7, 11) is 0. The molecule has 0 saturated heterocycles. The number of carbonyl (C=O) groups is 2. The second-order valence-electron chi connectivity index (χ2n) is 5.60. The van der Waals surface area contributed by atoms with Gasteiger partial charge < -0.3 is 15.4 Å². The van der Waals surface area contributed by atoms with Crippen LogP contribution in [0.4, 0.5) is 5.69 Å². The first kappa shape index (κ1) is 18.5. The molecule has 0 saturated carbocycles. The van der Waals surface area contributed by atoms with Crippen LogP contribution in [0.3, 0.4) is 0 Å². The molecule has 0 aliphatic heterocycles. The molecule has 0 unspecified atom stereocenters. The van der Waals surface area contributed by atoms with Crippen molar-refractivity contribution in [2.45, 2.75) is 26.7 Å². The number of carbonyl (C=O) groups excluding carboxylic acids is 2. The van der Waals surface area contributed by atoms with Crippen LogP contribution in [0.15, 0.2) is 48.5 Å². The topological polar surface area (TPSA) is 67.4 Å². The fraction of sp³-hybridized carbons (Fsp3) is 0.300. The molecule has 0 aliphatic carbocycles. The predicted molar refractivity (Wildman–Crippen MR) is 99.2 cm³/mol. The first-order valence-electron chi connectivity index (χ1n) is 8.57. The summed E-state index contributed by atoms with van der Waals surface area (Å²) >= 11 is 0. The maximum atomic E-state index is 12.7. The molecule has 2 aromatic carbocycles. The largest absolute Gasteiger partial charge is 0.493 e. The lowest BCUT2D eigenvalue weighted by atomic mass is 10.1. The highest BCUT2D eigenvalue weighted by atomic mass is 16.5. The number of hydrogen-bond donors (Lipinski definition) is 2. The highest BCUT2D eigenvalue weighted by Gasteiger charge is 2.16. The third kappa shape index (κ3) is 5.08. The molecule has 0 bridgehead atoms. The van der Waals surface area contributed by atoms with Gasteiger partial charge in [-0.05, 0) is 37.1 Å². The Hall–Kier alpha value is -2.82. The monoisotopic (exact) mass is 340 g/mol. The fourth-order valence-electron chi connectivity index (χ4n) is 2.31. The van der Waals surface area contributed by atoms with Crippen LogP contribution in [0.5, 0.6) is 5.75 Å². The molecule has 0 spiro atoms. The van der Waals surface area contributed by atoms with Gasteiger partial charge in [-0.1, -0.05) is 38.1 Å². The number of benzene rings is 2. The number of ether oxygens (including phenoxy) is 1. The van der Waals surface area contributed by atoms with Crippen molar-refractivity contribution in [1.82, 2.24) is 5.32 Å². The molecule has 2 aromatic rings. The van der Waals surface area contributed by atoms with Gasteiger partial charge in [0, 0.05) is 6.54 Å². The summed E-state index contributed by atoms with van der Waals surface area (Å²) in [6.45, 7) is 5.13. The lowest BCUT2D eigenvalue weighted by Crippen LogP contribution is -2.25. The van der Waals surface area contributed by atoms with Crippen molar-refractivity contribution < 1.29 is 14.3 Å². The van der Waals surface area contributed by atoms with Crippen LogP contribution in [0, 0.1) is 0 Å². The third-order valence-corrected chi connectivity index (χ3v) is 3.55. The highest BCUT2D eigenvalue weighted by Crippen LogP contribution is 2.21. The number of nitrogens with one attached hydrogen (secondary N) is 2. The normalized spacial score (nSPS) is 10.2. The lowest BCUT2D eigenvalue weighted by molar-refractivity contribution is 0.0954. The zero-order valence-corrected chi connectivity index (χ0v) is 14.7. The van der Waals surface area contributed by atoms with Gasteiger partial charge in [-0.3, -0.25) is 9.59 Å². The molecule has 0 atom stereocenters. The van der Waals surface area contributed by atoms with E-state index in [2.05, 4.69) is 10.6 Å². The molecule has 2 N–H and O–H groups in total. The van der Waals surface area contributed by atoms with E-state index >= 15 is 0 Å². The van der Waals surface area contributed by atoms with Crippen LogP contribution < -0.4 is 15.4 Å². The third-order valence-electron chi connectivity index (χ3n) is 3.55. The second-order valence-corrected chi connectivity index (χ2v) is 5.60.